The van der Waals surface area contributed by atoms with Crippen LogP contribution in [0, 0.1) is 0 Å². The first-order chi connectivity index (χ1) is 18.6. The van der Waals surface area contributed by atoms with Crippen LogP contribution >= 0.6 is 0 Å². The normalized spacial score (nSPS) is 16.8. The molecule has 0 bridgehead atoms. The van der Waals surface area contributed by atoms with Gasteiger partial charge in [-0.25, -0.2) is 4.79 Å². The third kappa shape index (κ3) is 5.55. The molecule has 0 spiro atoms. The molecule has 1 unspecified atom stereocenters. The highest BCUT2D eigenvalue weighted by atomic mass is 16.5. The molecule has 3 aromatic rings. The number of ketones is 1. The Morgan fingerprint density at radius 2 is 1.69 bits per heavy atom. The van der Waals surface area contributed by atoms with Crippen LogP contribution in [-0.4, -0.2) is 46.4 Å². The molecule has 2 aromatic carbocycles. The first-order valence-electron chi connectivity index (χ1n) is 12.7. The van der Waals surface area contributed by atoms with Crippen molar-refractivity contribution in [3.8, 4) is 5.75 Å². The number of carbonyl (C=O) groups excluding carboxylic acids is 3. The van der Waals surface area contributed by atoms with Crippen molar-refractivity contribution in [3.63, 3.8) is 0 Å². The Kier molecular flexibility index (Phi) is 7.85. The molecule has 2 heterocycles. The van der Waals surface area contributed by atoms with Crippen LogP contribution < -0.4 is 4.74 Å². The number of nitrogens with zero attached hydrogens (tertiary/aromatic N) is 2. The minimum absolute atomic E-state index is 0.0290. The van der Waals surface area contributed by atoms with E-state index in [2.05, 4.69) is 4.98 Å². The van der Waals surface area contributed by atoms with Gasteiger partial charge in [-0.3, -0.25) is 14.6 Å². The number of benzene rings is 2. The molecule has 0 aliphatic carbocycles. The highest BCUT2D eigenvalue weighted by Gasteiger charge is 2.46. The third-order valence-corrected chi connectivity index (χ3v) is 6.70. The lowest BCUT2D eigenvalue weighted by molar-refractivity contribution is -0.140. The fraction of sp³-hybridized carbons (Fsp3) is 0.290. The van der Waals surface area contributed by atoms with E-state index in [1.807, 2.05) is 26.8 Å². The molecule has 1 aliphatic heterocycles. The van der Waals surface area contributed by atoms with Gasteiger partial charge in [0.1, 0.15) is 11.5 Å². The van der Waals surface area contributed by atoms with Gasteiger partial charge in [0.25, 0.3) is 11.7 Å². The number of esters is 1. The molecular formula is C31H32N2O6. The van der Waals surface area contributed by atoms with Gasteiger partial charge in [-0.2, -0.15) is 0 Å². The second-order valence-corrected chi connectivity index (χ2v) is 10.3. The number of ether oxygens (including phenoxy) is 2. The van der Waals surface area contributed by atoms with Crippen molar-refractivity contribution in [3.05, 3.63) is 100 Å². The number of carbonyl (C=O) groups is 3. The summed E-state index contributed by atoms with van der Waals surface area (Å²) in [5, 5.41) is 11.6. The summed E-state index contributed by atoms with van der Waals surface area (Å²) in [7, 11) is 1.49. The maximum absolute atomic E-state index is 13.5. The van der Waals surface area contributed by atoms with Gasteiger partial charge in [-0.15, -0.1) is 0 Å². The van der Waals surface area contributed by atoms with Crippen molar-refractivity contribution in [2.45, 2.75) is 45.7 Å². The van der Waals surface area contributed by atoms with Crippen molar-refractivity contribution in [1.82, 2.24) is 9.88 Å². The van der Waals surface area contributed by atoms with E-state index in [0.717, 1.165) is 5.56 Å². The van der Waals surface area contributed by atoms with Crippen LogP contribution in [-0.2, 0) is 26.3 Å². The molecule has 0 radical (unpaired) electrons. The summed E-state index contributed by atoms with van der Waals surface area (Å²) in [4.78, 5) is 44.4. The zero-order valence-corrected chi connectivity index (χ0v) is 22.7. The predicted octanol–water partition coefficient (Wildman–Crippen LogP) is 5.19. The minimum atomic E-state index is -0.860. The lowest BCUT2D eigenvalue weighted by atomic mass is 9.85. The number of likely N-dealkylation sites (tertiary alicyclic amines) is 1. The number of aliphatic hydroxyl groups is 1. The quantitative estimate of drug-likeness (QED) is 0.195. The van der Waals surface area contributed by atoms with Gasteiger partial charge < -0.3 is 19.5 Å². The zero-order chi connectivity index (χ0) is 28.3. The van der Waals surface area contributed by atoms with E-state index in [-0.39, 0.29) is 29.9 Å². The van der Waals surface area contributed by atoms with Crippen LogP contribution in [0.1, 0.15) is 66.3 Å². The maximum atomic E-state index is 13.5. The van der Waals surface area contributed by atoms with E-state index in [4.69, 9.17) is 9.47 Å². The van der Waals surface area contributed by atoms with Crippen molar-refractivity contribution in [2.24, 2.45) is 0 Å². The molecule has 1 saturated heterocycles. The number of methoxy groups -OCH3 is 1. The largest absolute Gasteiger partial charge is 0.507 e. The molecule has 1 N–H and O–H groups in total. The highest BCUT2D eigenvalue weighted by molar-refractivity contribution is 6.46. The highest BCUT2D eigenvalue weighted by Crippen LogP contribution is 2.42. The summed E-state index contributed by atoms with van der Waals surface area (Å²) < 4.78 is 10.6. The summed E-state index contributed by atoms with van der Waals surface area (Å²) in [6, 6.07) is 14.7. The first kappa shape index (κ1) is 27.6. The average molecular weight is 529 g/mol. The molecule has 8 nitrogen and oxygen atoms in total. The van der Waals surface area contributed by atoms with Gasteiger partial charge in [-0.05, 0) is 65.4 Å². The molecule has 1 aliphatic rings. The molecule has 1 aromatic heterocycles. The van der Waals surface area contributed by atoms with Gasteiger partial charge in [-0.1, -0.05) is 39.0 Å². The maximum Gasteiger partial charge on any atom is 0.338 e. The van der Waals surface area contributed by atoms with E-state index in [9.17, 15) is 19.5 Å². The number of rotatable bonds is 7. The minimum Gasteiger partial charge on any atom is -0.507 e. The molecule has 0 saturated carbocycles. The van der Waals surface area contributed by atoms with Gasteiger partial charge in [0.15, 0.2) is 0 Å². The van der Waals surface area contributed by atoms with Gasteiger partial charge in [0.2, 0.25) is 0 Å². The van der Waals surface area contributed by atoms with Crippen LogP contribution in [0.15, 0.2) is 72.6 Å². The summed E-state index contributed by atoms with van der Waals surface area (Å²) >= 11 is 0. The Morgan fingerprint density at radius 1 is 1.03 bits per heavy atom. The molecule has 4 rings (SSSR count). The van der Waals surface area contributed by atoms with E-state index in [1.54, 1.807) is 67.8 Å². The van der Waals surface area contributed by atoms with Crippen molar-refractivity contribution in [1.29, 1.82) is 0 Å². The van der Waals surface area contributed by atoms with Crippen molar-refractivity contribution in [2.75, 3.05) is 13.7 Å². The number of hydrogen-bond acceptors (Lipinski definition) is 7. The topological polar surface area (TPSA) is 106 Å². The summed E-state index contributed by atoms with van der Waals surface area (Å²) in [6.07, 6.45) is 3.15. The molecule has 1 amide bonds. The number of aliphatic hydroxyl groups excluding tert-OH is 1. The molecule has 8 heteroatoms. The fourth-order valence-corrected chi connectivity index (χ4v) is 4.60. The molecule has 1 atom stereocenters. The Balaban J connectivity index is 1.82. The SMILES string of the molecule is CCOC(=O)c1ccc(CN2C(=O)C(=O)/C(=C(/O)c3cc(C(C)(C)C)ccc3OC)C2c2ccncc2)cc1. The van der Waals surface area contributed by atoms with E-state index in [1.165, 1.54) is 12.0 Å². The fourth-order valence-electron chi connectivity index (χ4n) is 4.60. The van der Waals surface area contributed by atoms with Crippen LogP contribution in [0.25, 0.3) is 5.76 Å². The Morgan fingerprint density at radius 3 is 2.28 bits per heavy atom. The Labute approximate surface area is 227 Å². The Hall–Kier alpha value is -4.46. The van der Waals surface area contributed by atoms with Crippen LogP contribution in [0.3, 0.4) is 0 Å². The number of pyridine rings is 1. The molecule has 1 fully saturated rings. The van der Waals surface area contributed by atoms with Gasteiger partial charge in [0, 0.05) is 18.9 Å². The monoisotopic (exact) mass is 528 g/mol. The standard InChI is InChI=1S/C31H32N2O6/c1-6-39-30(37)21-9-7-19(8-10-21)18-33-26(20-13-15-32-16-14-20)25(28(35)29(33)36)27(34)23-17-22(31(2,3)4)11-12-24(23)38-5/h7-17,26,34H,6,18H2,1-5H3/b27-25+. The number of Topliss-reactive ketones (excluding diaryl/α,β-unsaturated/α-hetero) is 1. The molecule has 202 valence electrons. The zero-order valence-electron chi connectivity index (χ0n) is 22.7. The number of hydrogen-bond donors (Lipinski definition) is 1. The van der Waals surface area contributed by atoms with Crippen LogP contribution in [0.4, 0.5) is 0 Å². The lowest BCUT2D eigenvalue weighted by Crippen LogP contribution is -2.29. The predicted molar refractivity (Wildman–Crippen MR) is 146 cm³/mol. The second-order valence-electron chi connectivity index (χ2n) is 10.3. The number of aromatic nitrogens is 1. The molecule has 39 heavy (non-hydrogen) atoms. The summed E-state index contributed by atoms with van der Waals surface area (Å²) in [6.45, 7) is 8.21. The average Bonchev–Trinajstić information content (AvgIpc) is 3.17. The van der Waals surface area contributed by atoms with Gasteiger partial charge >= 0.3 is 5.97 Å². The number of amides is 1. The smallest absolute Gasteiger partial charge is 0.338 e. The lowest BCUT2D eigenvalue weighted by Gasteiger charge is -2.26. The molecular weight excluding hydrogens is 496 g/mol. The van der Waals surface area contributed by atoms with Crippen molar-refractivity contribution >= 4 is 23.4 Å². The van der Waals surface area contributed by atoms with Crippen molar-refractivity contribution < 1.29 is 29.0 Å². The second kappa shape index (κ2) is 11.1. The third-order valence-electron chi connectivity index (χ3n) is 6.70. The van der Waals surface area contributed by atoms with Crippen LogP contribution in [0.2, 0.25) is 0 Å². The summed E-state index contributed by atoms with van der Waals surface area (Å²) in [5.41, 5.74) is 2.73. The first-order valence-corrected chi connectivity index (χ1v) is 12.7. The van der Waals surface area contributed by atoms with Crippen LogP contribution in [0.5, 0.6) is 5.75 Å². The van der Waals surface area contributed by atoms with E-state index >= 15 is 0 Å². The van der Waals surface area contributed by atoms with E-state index in [0.29, 0.717) is 28.0 Å². The Bertz CT molecular complexity index is 1420. The summed E-state index contributed by atoms with van der Waals surface area (Å²) in [5.74, 6) is -1.89. The van der Waals surface area contributed by atoms with Gasteiger partial charge in [0.05, 0.1) is 36.5 Å². The van der Waals surface area contributed by atoms with E-state index < -0.39 is 23.7 Å².